The number of nitrogens with two attached hydrogens (primary N) is 1. The lowest BCUT2D eigenvalue weighted by molar-refractivity contribution is -0.116. The number of fused-ring (bicyclic) bond motifs is 1. The summed E-state index contributed by atoms with van der Waals surface area (Å²) in [6.07, 6.45) is 1.34. The molecule has 1 heterocycles. The molecule has 3 N–H and O–H groups in total. The number of carbonyl (C=O) groups is 1. The van der Waals surface area contributed by atoms with Crippen LogP contribution in [-0.2, 0) is 11.2 Å². The molecule has 2 aromatic carbocycles. The molecular formula is C17H18N2O. The molecule has 20 heavy (non-hydrogen) atoms. The van der Waals surface area contributed by atoms with Crippen LogP contribution in [0.1, 0.15) is 34.7 Å². The molecule has 0 aliphatic carbocycles. The Morgan fingerprint density at radius 2 is 1.85 bits per heavy atom. The molecule has 1 amide bonds. The molecule has 1 aliphatic rings. The predicted molar refractivity (Wildman–Crippen MR) is 80.6 cm³/mol. The summed E-state index contributed by atoms with van der Waals surface area (Å²) in [5.74, 6) is 0.0979. The van der Waals surface area contributed by atoms with Crippen molar-refractivity contribution < 1.29 is 4.79 Å². The van der Waals surface area contributed by atoms with Gasteiger partial charge in [-0.25, -0.2) is 0 Å². The van der Waals surface area contributed by atoms with E-state index in [1.54, 1.807) is 0 Å². The zero-order chi connectivity index (χ0) is 14.1. The number of carbonyl (C=O) groups excluding carboxylic acids is 1. The largest absolute Gasteiger partial charge is 0.326 e. The maximum atomic E-state index is 11.5. The second kappa shape index (κ2) is 5.10. The van der Waals surface area contributed by atoms with E-state index in [2.05, 4.69) is 17.4 Å². The fourth-order valence-electron chi connectivity index (χ4n) is 2.75. The Labute approximate surface area is 118 Å². The van der Waals surface area contributed by atoms with Gasteiger partial charge in [0.1, 0.15) is 0 Å². The minimum atomic E-state index is -0.127. The van der Waals surface area contributed by atoms with Crippen LogP contribution in [-0.4, -0.2) is 5.91 Å². The molecule has 2 aromatic rings. The van der Waals surface area contributed by atoms with E-state index in [0.29, 0.717) is 6.42 Å². The quantitative estimate of drug-likeness (QED) is 0.878. The number of nitrogens with one attached hydrogen (secondary N) is 1. The molecule has 1 aliphatic heterocycles. The van der Waals surface area contributed by atoms with Crippen molar-refractivity contribution in [2.45, 2.75) is 25.8 Å². The molecule has 0 spiro atoms. The first-order valence-electron chi connectivity index (χ1n) is 6.89. The van der Waals surface area contributed by atoms with Gasteiger partial charge in [-0.2, -0.15) is 0 Å². The fraction of sp³-hybridized carbons (Fsp3) is 0.235. The number of amides is 1. The Balaban J connectivity index is 2.00. The number of anilines is 1. The van der Waals surface area contributed by atoms with E-state index in [1.165, 1.54) is 5.56 Å². The molecule has 0 aromatic heterocycles. The Kier molecular flexibility index (Phi) is 3.28. The highest BCUT2D eigenvalue weighted by atomic mass is 16.1. The van der Waals surface area contributed by atoms with E-state index in [4.69, 9.17) is 5.73 Å². The third kappa shape index (κ3) is 2.32. The van der Waals surface area contributed by atoms with Crippen LogP contribution in [0, 0.1) is 6.92 Å². The van der Waals surface area contributed by atoms with E-state index < -0.39 is 0 Å². The lowest BCUT2D eigenvalue weighted by Gasteiger charge is -2.22. The average Bonchev–Trinajstić information content (AvgIpc) is 2.48. The lowest BCUT2D eigenvalue weighted by atomic mass is 9.92. The second-order valence-electron chi connectivity index (χ2n) is 5.31. The van der Waals surface area contributed by atoms with Gasteiger partial charge in [0.05, 0.1) is 6.04 Å². The highest BCUT2D eigenvalue weighted by Crippen LogP contribution is 2.31. The topological polar surface area (TPSA) is 55.1 Å². The van der Waals surface area contributed by atoms with Crippen LogP contribution in [0.4, 0.5) is 5.69 Å². The Morgan fingerprint density at radius 3 is 2.60 bits per heavy atom. The first-order chi connectivity index (χ1) is 9.65. The molecule has 1 unspecified atom stereocenters. The van der Waals surface area contributed by atoms with Gasteiger partial charge in [-0.05, 0) is 35.6 Å². The third-order valence-corrected chi connectivity index (χ3v) is 3.84. The van der Waals surface area contributed by atoms with Crippen LogP contribution in [0.2, 0.25) is 0 Å². The van der Waals surface area contributed by atoms with Gasteiger partial charge in [-0.3, -0.25) is 4.79 Å². The normalized spacial score (nSPS) is 15.4. The lowest BCUT2D eigenvalue weighted by Crippen LogP contribution is -2.21. The summed E-state index contributed by atoms with van der Waals surface area (Å²) in [4.78, 5) is 11.5. The summed E-state index contributed by atoms with van der Waals surface area (Å²) in [5, 5.41) is 2.95. The maximum Gasteiger partial charge on any atom is 0.224 e. The summed E-state index contributed by atoms with van der Waals surface area (Å²) >= 11 is 0. The number of hydrogen-bond donors (Lipinski definition) is 2. The van der Waals surface area contributed by atoms with Gasteiger partial charge >= 0.3 is 0 Å². The second-order valence-corrected chi connectivity index (χ2v) is 5.31. The third-order valence-electron chi connectivity index (χ3n) is 3.84. The first-order valence-corrected chi connectivity index (χ1v) is 6.89. The smallest absolute Gasteiger partial charge is 0.224 e. The molecular weight excluding hydrogens is 248 g/mol. The standard InChI is InChI=1S/C17H18N2O/c1-11-9-14(16(18)12-5-3-2-4-6-12)10-13-7-8-15(20)19-17(11)13/h2-6,9-10,16H,7-8,18H2,1H3,(H,19,20). The number of aryl methyl sites for hydroxylation is 2. The van der Waals surface area contributed by atoms with Crippen molar-refractivity contribution in [1.29, 1.82) is 0 Å². The SMILES string of the molecule is Cc1cc(C(N)c2ccccc2)cc2c1NC(=O)CC2. The van der Waals surface area contributed by atoms with E-state index in [0.717, 1.165) is 28.8 Å². The van der Waals surface area contributed by atoms with Gasteiger partial charge < -0.3 is 11.1 Å². The van der Waals surface area contributed by atoms with Crippen molar-refractivity contribution >= 4 is 11.6 Å². The number of benzene rings is 2. The van der Waals surface area contributed by atoms with Crippen molar-refractivity contribution in [2.24, 2.45) is 5.73 Å². The molecule has 3 nitrogen and oxygen atoms in total. The first kappa shape index (κ1) is 12.9. The number of hydrogen-bond acceptors (Lipinski definition) is 2. The minimum Gasteiger partial charge on any atom is -0.326 e. The summed E-state index contributed by atoms with van der Waals surface area (Å²) in [6.45, 7) is 2.02. The van der Waals surface area contributed by atoms with Crippen molar-refractivity contribution in [3.8, 4) is 0 Å². The van der Waals surface area contributed by atoms with Crippen LogP contribution < -0.4 is 11.1 Å². The van der Waals surface area contributed by atoms with Crippen molar-refractivity contribution in [3.63, 3.8) is 0 Å². The molecule has 3 heteroatoms. The molecule has 0 fully saturated rings. The van der Waals surface area contributed by atoms with E-state index in [9.17, 15) is 4.79 Å². The number of rotatable bonds is 2. The molecule has 0 saturated carbocycles. The van der Waals surface area contributed by atoms with E-state index in [-0.39, 0.29) is 11.9 Å². The minimum absolute atomic E-state index is 0.0979. The van der Waals surface area contributed by atoms with Crippen LogP contribution in [0.5, 0.6) is 0 Å². The predicted octanol–water partition coefficient (Wildman–Crippen LogP) is 2.93. The van der Waals surface area contributed by atoms with Gasteiger partial charge in [0.2, 0.25) is 5.91 Å². The molecule has 0 bridgehead atoms. The van der Waals surface area contributed by atoms with Gasteiger partial charge in [0, 0.05) is 12.1 Å². The highest BCUT2D eigenvalue weighted by molar-refractivity contribution is 5.94. The van der Waals surface area contributed by atoms with E-state index >= 15 is 0 Å². The van der Waals surface area contributed by atoms with Crippen molar-refractivity contribution in [3.05, 3.63) is 64.7 Å². The van der Waals surface area contributed by atoms with Gasteiger partial charge in [0.25, 0.3) is 0 Å². The van der Waals surface area contributed by atoms with Crippen LogP contribution >= 0.6 is 0 Å². The van der Waals surface area contributed by atoms with Crippen LogP contribution in [0.15, 0.2) is 42.5 Å². The monoisotopic (exact) mass is 266 g/mol. The van der Waals surface area contributed by atoms with Crippen molar-refractivity contribution in [1.82, 2.24) is 0 Å². The van der Waals surface area contributed by atoms with Gasteiger partial charge in [-0.15, -0.1) is 0 Å². The molecule has 3 rings (SSSR count). The van der Waals surface area contributed by atoms with Crippen LogP contribution in [0.25, 0.3) is 0 Å². The summed E-state index contributed by atoms with van der Waals surface area (Å²) in [7, 11) is 0. The van der Waals surface area contributed by atoms with Gasteiger partial charge in [0.15, 0.2) is 0 Å². The molecule has 102 valence electrons. The van der Waals surface area contributed by atoms with Gasteiger partial charge in [-0.1, -0.05) is 42.5 Å². The van der Waals surface area contributed by atoms with E-state index in [1.807, 2.05) is 37.3 Å². The summed E-state index contributed by atoms with van der Waals surface area (Å²) in [5.41, 5.74) is 11.8. The average molecular weight is 266 g/mol. The Morgan fingerprint density at radius 1 is 1.10 bits per heavy atom. The summed E-state index contributed by atoms with van der Waals surface area (Å²) < 4.78 is 0. The molecule has 0 radical (unpaired) electrons. The van der Waals surface area contributed by atoms with Crippen LogP contribution in [0.3, 0.4) is 0 Å². The summed E-state index contributed by atoms with van der Waals surface area (Å²) in [6, 6.07) is 14.1. The Hall–Kier alpha value is -2.13. The maximum absolute atomic E-state index is 11.5. The zero-order valence-corrected chi connectivity index (χ0v) is 11.5. The Bertz CT molecular complexity index is 650. The van der Waals surface area contributed by atoms with Crippen molar-refractivity contribution in [2.75, 3.05) is 5.32 Å². The molecule has 1 atom stereocenters. The fourth-order valence-corrected chi connectivity index (χ4v) is 2.75. The molecule has 0 saturated heterocycles. The highest BCUT2D eigenvalue weighted by Gasteiger charge is 2.19. The zero-order valence-electron chi connectivity index (χ0n) is 11.5.